The van der Waals surface area contributed by atoms with Crippen molar-refractivity contribution in [3.05, 3.63) is 54.6 Å². The van der Waals surface area contributed by atoms with E-state index in [9.17, 15) is 14.9 Å². The fourth-order valence-corrected chi connectivity index (χ4v) is 3.44. The first-order valence-electron chi connectivity index (χ1n) is 6.65. The standard InChI is InChI=1S/C14H11Cl3N2O4S/c1-2-23-9-5-3-8(4-6-9)18-10(20)7-24-14(18)12(19(21)22)11(15)13(16)17/h3-6H,2,7H2,1H3. The molecule has 0 bridgehead atoms. The van der Waals surface area contributed by atoms with Gasteiger partial charge in [0.2, 0.25) is 5.91 Å². The average Bonchev–Trinajstić information content (AvgIpc) is 2.89. The van der Waals surface area contributed by atoms with Crippen LogP contribution in [0.5, 0.6) is 5.75 Å². The molecule has 0 saturated carbocycles. The number of carbonyl (C=O) groups excluding carboxylic acids is 1. The van der Waals surface area contributed by atoms with Gasteiger partial charge < -0.3 is 4.74 Å². The minimum atomic E-state index is -0.713. The molecule has 0 atom stereocenters. The highest BCUT2D eigenvalue weighted by Crippen LogP contribution is 2.40. The molecule has 1 fully saturated rings. The molecule has 6 nitrogen and oxygen atoms in total. The molecule has 0 unspecified atom stereocenters. The number of anilines is 1. The summed E-state index contributed by atoms with van der Waals surface area (Å²) in [4.78, 5) is 24.1. The molecular formula is C14H11Cl3N2O4S. The van der Waals surface area contributed by atoms with E-state index in [0.29, 0.717) is 18.0 Å². The van der Waals surface area contributed by atoms with Gasteiger partial charge in [-0.2, -0.15) is 0 Å². The molecule has 24 heavy (non-hydrogen) atoms. The number of carbonyl (C=O) groups is 1. The molecule has 0 spiro atoms. The third-order valence-corrected chi connectivity index (χ3v) is 4.93. The lowest BCUT2D eigenvalue weighted by atomic mass is 10.2. The number of hydrogen-bond acceptors (Lipinski definition) is 5. The summed E-state index contributed by atoms with van der Waals surface area (Å²) in [6, 6.07) is 6.60. The predicted octanol–water partition coefficient (Wildman–Crippen LogP) is 4.50. The zero-order valence-electron chi connectivity index (χ0n) is 12.3. The smallest absolute Gasteiger partial charge is 0.320 e. The maximum absolute atomic E-state index is 12.2. The van der Waals surface area contributed by atoms with Crippen LogP contribution in [0.25, 0.3) is 0 Å². The largest absolute Gasteiger partial charge is 0.494 e. The lowest BCUT2D eigenvalue weighted by Crippen LogP contribution is -2.25. The van der Waals surface area contributed by atoms with Gasteiger partial charge in [0, 0.05) is 5.69 Å². The average molecular weight is 410 g/mol. The lowest BCUT2D eigenvalue weighted by molar-refractivity contribution is -0.420. The van der Waals surface area contributed by atoms with Crippen LogP contribution in [0.3, 0.4) is 0 Å². The van der Waals surface area contributed by atoms with Crippen LogP contribution in [0.15, 0.2) is 44.5 Å². The summed E-state index contributed by atoms with van der Waals surface area (Å²) in [7, 11) is 0. The minimum absolute atomic E-state index is 0.0456. The van der Waals surface area contributed by atoms with Gasteiger partial charge in [0.25, 0.3) is 0 Å². The van der Waals surface area contributed by atoms with E-state index in [0.717, 1.165) is 11.8 Å². The second-order valence-electron chi connectivity index (χ2n) is 4.43. The Hall–Kier alpha value is -1.41. The van der Waals surface area contributed by atoms with Crippen LogP contribution in [0.4, 0.5) is 5.69 Å². The number of benzene rings is 1. The van der Waals surface area contributed by atoms with Crippen molar-refractivity contribution in [2.75, 3.05) is 17.3 Å². The van der Waals surface area contributed by atoms with Crippen LogP contribution >= 0.6 is 46.6 Å². The van der Waals surface area contributed by atoms with E-state index >= 15 is 0 Å². The molecule has 0 radical (unpaired) electrons. The van der Waals surface area contributed by atoms with Crippen molar-refractivity contribution >= 4 is 58.2 Å². The van der Waals surface area contributed by atoms with Crippen molar-refractivity contribution in [1.29, 1.82) is 0 Å². The highest BCUT2D eigenvalue weighted by atomic mass is 35.5. The van der Waals surface area contributed by atoms with Crippen molar-refractivity contribution < 1.29 is 14.5 Å². The van der Waals surface area contributed by atoms with Crippen molar-refractivity contribution in [1.82, 2.24) is 0 Å². The molecule has 1 heterocycles. The molecule has 1 amide bonds. The minimum Gasteiger partial charge on any atom is -0.494 e. The van der Waals surface area contributed by atoms with E-state index in [1.54, 1.807) is 24.3 Å². The van der Waals surface area contributed by atoms with Gasteiger partial charge in [0.05, 0.1) is 17.3 Å². The van der Waals surface area contributed by atoms with Gasteiger partial charge in [0.15, 0.2) is 10.1 Å². The quantitative estimate of drug-likeness (QED) is 0.529. The zero-order valence-corrected chi connectivity index (χ0v) is 15.4. The van der Waals surface area contributed by atoms with Gasteiger partial charge in [-0.15, -0.1) is 0 Å². The number of ether oxygens (including phenoxy) is 1. The van der Waals surface area contributed by atoms with Crippen LogP contribution < -0.4 is 9.64 Å². The van der Waals surface area contributed by atoms with Gasteiger partial charge >= 0.3 is 5.70 Å². The third kappa shape index (κ3) is 3.97. The second kappa shape index (κ2) is 8.11. The third-order valence-electron chi connectivity index (χ3n) is 2.95. The number of rotatable bonds is 5. The lowest BCUT2D eigenvalue weighted by Gasteiger charge is -2.17. The van der Waals surface area contributed by atoms with Gasteiger partial charge in [-0.3, -0.25) is 19.8 Å². The monoisotopic (exact) mass is 408 g/mol. The van der Waals surface area contributed by atoms with Gasteiger partial charge in [-0.1, -0.05) is 46.6 Å². The Labute approximate surface area is 157 Å². The molecule has 1 saturated heterocycles. The summed E-state index contributed by atoms with van der Waals surface area (Å²) in [6.07, 6.45) is 0. The Morgan fingerprint density at radius 2 is 1.96 bits per heavy atom. The van der Waals surface area contributed by atoms with E-state index in [2.05, 4.69) is 0 Å². The van der Waals surface area contributed by atoms with E-state index in [1.807, 2.05) is 6.92 Å². The first-order chi connectivity index (χ1) is 11.4. The molecule has 128 valence electrons. The Morgan fingerprint density at radius 3 is 2.46 bits per heavy atom. The maximum atomic E-state index is 12.2. The maximum Gasteiger partial charge on any atom is 0.320 e. The fraction of sp³-hybridized carbons (Fsp3) is 0.214. The van der Waals surface area contributed by atoms with Crippen molar-refractivity contribution in [3.8, 4) is 5.75 Å². The van der Waals surface area contributed by atoms with E-state index in [4.69, 9.17) is 39.5 Å². The SMILES string of the molecule is CCOc1ccc(N2C(=O)CSC2=C(C(Cl)=C(Cl)Cl)[N+](=O)[O-])cc1. The molecule has 0 aliphatic carbocycles. The van der Waals surface area contributed by atoms with E-state index < -0.39 is 20.1 Å². The Morgan fingerprint density at radius 1 is 1.33 bits per heavy atom. The molecule has 2 rings (SSSR count). The first-order valence-corrected chi connectivity index (χ1v) is 8.77. The number of thioether (sulfide) groups is 1. The highest BCUT2D eigenvalue weighted by molar-refractivity contribution is 8.04. The molecule has 0 aromatic heterocycles. The number of amides is 1. The summed E-state index contributed by atoms with van der Waals surface area (Å²) in [5.74, 6) is 0.361. The molecule has 0 N–H and O–H groups in total. The molecule has 1 aliphatic heterocycles. The van der Waals surface area contributed by atoms with Crippen LogP contribution in [0, 0.1) is 10.1 Å². The second-order valence-corrected chi connectivity index (χ2v) is 6.72. The number of nitro groups is 1. The Kier molecular flexibility index (Phi) is 6.40. The zero-order chi connectivity index (χ0) is 17.9. The van der Waals surface area contributed by atoms with Crippen LogP contribution in [0.1, 0.15) is 6.92 Å². The molecule has 1 aromatic carbocycles. The summed E-state index contributed by atoms with van der Waals surface area (Å²) in [5.41, 5.74) is -0.0561. The van der Waals surface area contributed by atoms with Crippen molar-refractivity contribution in [2.24, 2.45) is 0 Å². The summed E-state index contributed by atoms with van der Waals surface area (Å²) in [5, 5.41) is 11.0. The number of nitrogens with zero attached hydrogens (tertiary/aromatic N) is 2. The Bertz CT molecular complexity index is 730. The van der Waals surface area contributed by atoms with E-state index in [1.165, 1.54) is 4.90 Å². The van der Waals surface area contributed by atoms with Crippen LogP contribution in [0.2, 0.25) is 0 Å². The highest BCUT2D eigenvalue weighted by Gasteiger charge is 2.37. The van der Waals surface area contributed by atoms with Gasteiger partial charge in [-0.05, 0) is 31.2 Å². The van der Waals surface area contributed by atoms with Gasteiger partial charge in [0.1, 0.15) is 10.2 Å². The summed E-state index contributed by atoms with van der Waals surface area (Å²) < 4.78 is 4.90. The van der Waals surface area contributed by atoms with Crippen molar-refractivity contribution in [3.63, 3.8) is 0 Å². The molecule has 10 heteroatoms. The van der Waals surface area contributed by atoms with Crippen LogP contribution in [-0.2, 0) is 4.79 Å². The predicted molar refractivity (Wildman–Crippen MR) is 96.2 cm³/mol. The van der Waals surface area contributed by atoms with Crippen LogP contribution in [-0.4, -0.2) is 23.2 Å². The summed E-state index contributed by atoms with van der Waals surface area (Å²) in [6.45, 7) is 2.35. The first kappa shape index (κ1) is 18.9. The molecular weight excluding hydrogens is 399 g/mol. The van der Waals surface area contributed by atoms with E-state index in [-0.39, 0.29) is 16.7 Å². The number of hydrogen-bond donors (Lipinski definition) is 0. The summed E-state index contributed by atoms with van der Waals surface area (Å²) >= 11 is 18.0. The Balaban J connectivity index is 2.53. The fourth-order valence-electron chi connectivity index (χ4n) is 2.01. The number of halogens is 3. The molecule has 1 aliphatic rings. The molecule has 1 aromatic rings. The van der Waals surface area contributed by atoms with Crippen molar-refractivity contribution in [2.45, 2.75) is 6.92 Å². The topological polar surface area (TPSA) is 72.7 Å². The van der Waals surface area contributed by atoms with Gasteiger partial charge in [-0.25, -0.2) is 0 Å². The normalized spacial score (nSPS) is 16.2. The number of allylic oxidation sites excluding steroid dienone is 1.